The second kappa shape index (κ2) is 6.38. The molecule has 0 radical (unpaired) electrons. The van der Waals surface area contributed by atoms with Gasteiger partial charge in [0.15, 0.2) is 5.92 Å². The fourth-order valence-electron chi connectivity index (χ4n) is 1.00. The Bertz CT molecular complexity index is 306. The molecule has 17 heavy (non-hydrogen) atoms. The molecule has 0 aliphatic carbocycles. The Morgan fingerprint density at radius 3 is 2.06 bits per heavy atom. The molecule has 0 aromatic carbocycles. The Hall–Kier alpha value is -1.37. The molecule has 0 rings (SSSR count). The lowest BCUT2D eigenvalue weighted by Crippen LogP contribution is -2.30. The van der Waals surface area contributed by atoms with Crippen molar-refractivity contribution in [3.05, 3.63) is 0 Å². The summed E-state index contributed by atoms with van der Waals surface area (Å²) < 4.78 is 4.79. The Labute approximate surface area is 101 Å². The minimum Gasteiger partial charge on any atom is -0.481 e. The van der Waals surface area contributed by atoms with Gasteiger partial charge < -0.3 is 14.9 Å². The van der Waals surface area contributed by atoms with Crippen molar-refractivity contribution in [1.29, 1.82) is 0 Å². The first-order valence-electron chi connectivity index (χ1n) is 5.25. The maximum atomic E-state index is 11.4. The van der Waals surface area contributed by atoms with Gasteiger partial charge >= 0.3 is 17.9 Å². The zero-order valence-corrected chi connectivity index (χ0v) is 11.2. The molecule has 0 bridgehead atoms. The van der Waals surface area contributed by atoms with E-state index in [0.717, 1.165) is 6.04 Å². The van der Waals surface area contributed by atoms with Crippen LogP contribution in [-0.4, -0.2) is 42.8 Å². The van der Waals surface area contributed by atoms with E-state index in [2.05, 4.69) is 19.6 Å². The molecule has 0 fully saturated rings. The van der Waals surface area contributed by atoms with Crippen LogP contribution in [0.3, 0.4) is 0 Å². The summed E-state index contributed by atoms with van der Waals surface area (Å²) in [7, 11) is -1.36. The topological polar surface area (TPSA) is 101 Å². The molecule has 2 N–H and O–H groups in total. The van der Waals surface area contributed by atoms with Crippen LogP contribution in [0.1, 0.15) is 6.42 Å². The third-order valence-corrected chi connectivity index (χ3v) is 3.76. The number of carboxylic acids is 2. The molecule has 1 atom stereocenters. The lowest BCUT2D eigenvalue weighted by Gasteiger charge is -2.16. The van der Waals surface area contributed by atoms with Crippen LogP contribution in [0.25, 0.3) is 0 Å². The van der Waals surface area contributed by atoms with Crippen LogP contribution in [0, 0.1) is 5.92 Å². The average molecular weight is 262 g/mol. The molecule has 0 aromatic heterocycles. The van der Waals surface area contributed by atoms with Crippen LogP contribution >= 0.6 is 0 Å². The molecule has 0 amide bonds. The molecule has 0 saturated carbocycles. The summed E-state index contributed by atoms with van der Waals surface area (Å²) >= 11 is 0. The highest BCUT2D eigenvalue weighted by Gasteiger charge is 2.30. The van der Waals surface area contributed by atoms with Crippen LogP contribution in [0.4, 0.5) is 0 Å². The normalized spacial score (nSPS) is 12.9. The summed E-state index contributed by atoms with van der Waals surface area (Å²) in [4.78, 5) is 32.4. The molecule has 7 heteroatoms. The molecule has 0 aliphatic heterocycles. The number of ether oxygens (including phenoxy) is 1. The highest BCUT2D eigenvalue weighted by Crippen LogP contribution is 2.11. The Morgan fingerprint density at radius 1 is 1.18 bits per heavy atom. The lowest BCUT2D eigenvalue weighted by molar-refractivity contribution is -0.162. The standard InChI is InChI=1S/C10H18O6Si/c1-17(2,3)5-4-16-10(15)7(9(13)14)6-8(11)12/h7H,4-6H2,1-3H3,(H,11,12)(H,13,14). The van der Waals surface area contributed by atoms with Gasteiger partial charge in [-0.15, -0.1) is 0 Å². The SMILES string of the molecule is C[Si](C)(C)CCOC(=O)C(CC(=O)O)C(=O)O. The van der Waals surface area contributed by atoms with Crippen LogP contribution in [0.2, 0.25) is 25.7 Å². The Kier molecular flexibility index (Phi) is 5.87. The van der Waals surface area contributed by atoms with Crippen molar-refractivity contribution in [2.75, 3.05) is 6.61 Å². The molecule has 0 aliphatic rings. The largest absolute Gasteiger partial charge is 0.481 e. The van der Waals surface area contributed by atoms with Gasteiger partial charge in [-0.1, -0.05) is 19.6 Å². The number of rotatable bonds is 7. The number of hydrogen-bond donors (Lipinski definition) is 2. The van der Waals surface area contributed by atoms with E-state index in [-0.39, 0.29) is 6.61 Å². The van der Waals surface area contributed by atoms with Crippen molar-refractivity contribution < 1.29 is 29.3 Å². The van der Waals surface area contributed by atoms with Crippen LogP contribution in [0.15, 0.2) is 0 Å². The summed E-state index contributed by atoms with van der Waals surface area (Å²) in [6.45, 7) is 6.42. The quantitative estimate of drug-likeness (QED) is 0.404. The molecule has 6 nitrogen and oxygen atoms in total. The summed E-state index contributed by atoms with van der Waals surface area (Å²) in [6.07, 6.45) is -0.749. The van der Waals surface area contributed by atoms with Crippen molar-refractivity contribution in [2.24, 2.45) is 5.92 Å². The van der Waals surface area contributed by atoms with Crippen LogP contribution in [-0.2, 0) is 19.1 Å². The van der Waals surface area contributed by atoms with Gasteiger partial charge in [-0.05, 0) is 6.04 Å². The second-order valence-electron chi connectivity index (χ2n) is 4.97. The Morgan fingerprint density at radius 2 is 1.71 bits per heavy atom. The first-order valence-corrected chi connectivity index (χ1v) is 8.95. The van der Waals surface area contributed by atoms with Gasteiger partial charge in [0, 0.05) is 8.07 Å². The lowest BCUT2D eigenvalue weighted by atomic mass is 10.1. The zero-order valence-electron chi connectivity index (χ0n) is 10.2. The summed E-state index contributed by atoms with van der Waals surface area (Å²) in [5.41, 5.74) is 0. The van der Waals surface area contributed by atoms with Gasteiger partial charge in [0.25, 0.3) is 0 Å². The van der Waals surface area contributed by atoms with E-state index in [9.17, 15) is 14.4 Å². The van der Waals surface area contributed by atoms with E-state index < -0.39 is 38.3 Å². The first-order chi connectivity index (χ1) is 7.63. The van der Waals surface area contributed by atoms with E-state index in [4.69, 9.17) is 14.9 Å². The van der Waals surface area contributed by atoms with Gasteiger partial charge in [-0.2, -0.15) is 0 Å². The molecule has 1 unspecified atom stereocenters. The van der Waals surface area contributed by atoms with Crippen molar-refractivity contribution in [2.45, 2.75) is 32.1 Å². The molecular formula is C10H18O6Si. The van der Waals surface area contributed by atoms with Crippen LogP contribution < -0.4 is 0 Å². The third kappa shape index (κ3) is 7.51. The molecule has 0 spiro atoms. The smallest absolute Gasteiger partial charge is 0.320 e. The van der Waals surface area contributed by atoms with Gasteiger partial charge in [0.2, 0.25) is 0 Å². The van der Waals surface area contributed by atoms with Gasteiger partial charge in [-0.25, -0.2) is 0 Å². The molecule has 0 heterocycles. The van der Waals surface area contributed by atoms with E-state index in [1.807, 2.05) is 0 Å². The van der Waals surface area contributed by atoms with E-state index in [1.165, 1.54) is 0 Å². The molecule has 0 aromatic rings. The minimum absolute atomic E-state index is 0.151. The number of aliphatic carboxylic acids is 2. The predicted molar refractivity (Wildman–Crippen MR) is 62.5 cm³/mol. The summed E-state index contributed by atoms with van der Waals surface area (Å²) in [5, 5.41) is 17.2. The Balaban J connectivity index is 4.25. The fourth-order valence-corrected chi connectivity index (χ4v) is 1.72. The van der Waals surface area contributed by atoms with Gasteiger partial charge in [0.1, 0.15) is 0 Å². The number of hydrogen-bond acceptors (Lipinski definition) is 4. The van der Waals surface area contributed by atoms with E-state index in [0.29, 0.717) is 0 Å². The molecule has 0 saturated heterocycles. The number of carbonyl (C=O) groups is 3. The fraction of sp³-hybridized carbons (Fsp3) is 0.700. The van der Waals surface area contributed by atoms with Crippen molar-refractivity contribution in [1.82, 2.24) is 0 Å². The van der Waals surface area contributed by atoms with Crippen LogP contribution in [0.5, 0.6) is 0 Å². The minimum atomic E-state index is -1.62. The average Bonchev–Trinajstić information content (AvgIpc) is 2.11. The maximum Gasteiger partial charge on any atom is 0.320 e. The van der Waals surface area contributed by atoms with Gasteiger partial charge in [0.05, 0.1) is 13.0 Å². The number of carboxylic acid groups (broad SMARTS) is 2. The van der Waals surface area contributed by atoms with Crippen molar-refractivity contribution in [3.8, 4) is 0 Å². The summed E-state index contributed by atoms with van der Waals surface area (Å²) in [5.74, 6) is -5.39. The molecular weight excluding hydrogens is 244 g/mol. The number of esters is 1. The zero-order chi connectivity index (χ0) is 13.6. The monoisotopic (exact) mass is 262 g/mol. The second-order valence-corrected chi connectivity index (χ2v) is 10.6. The predicted octanol–water partition coefficient (Wildman–Crippen LogP) is 1.04. The highest BCUT2D eigenvalue weighted by atomic mass is 28.3. The maximum absolute atomic E-state index is 11.4. The summed E-state index contributed by atoms with van der Waals surface area (Å²) in [6, 6.07) is 0.720. The third-order valence-electron chi connectivity index (χ3n) is 2.06. The number of carbonyl (C=O) groups excluding carboxylic acids is 1. The molecule has 98 valence electrons. The van der Waals surface area contributed by atoms with E-state index >= 15 is 0 Å². The van der Waals surface area contributed by atoms with E-state index in [1.54, 1.807) is 0 Å². The van der Waals surface area contributed by atoms with Crippen molar-refractivity contribution in [3.63, 3.8) is 0 Å². The first kappa shape index (κ1) is 15.6. The van der Waals surface area contributed by atoms with Gasteiger partial charge in [-0.3, -0.25) is 14.4 Å². The van der Waals surface area contributed by atoms with Crippen molar-refractivity contribution >= 4 is 26.0 Å². The highest BCUT2D eigenvalue weighted by molar-refractivity contribution is 6.76.